The van der Waals surface area contributed by atoms with Gasteiger partial charge in [0.2, 0.25) is 0 Å². The molecule has 1 heterocycles. The third kappa shape index (κ3) is 8.21. The number of unbranched alkanes of at least 4 members (excludes halogenated alkanes) is 5. The van der Waals surface area contributed by atoms with Crippen LogP contribution in [0.2, 0.25) is 0 Å². The van der Waals surface area contributed by atoms with Gasteiger partial charge in [-0.1, -0.05) is 52.4 Å². The standard InChI is InChI=1S/C14H29N.CHN/c1-3-5-6-7-8-9-11-15-12-10-14(4-2)13-15;1-2/h14H,3-13H2,1-2H3;1H. The second kappa shape index (κ2) is 11.9. The molecule has 17 heavy (non-hydrogen) atoms. The molecule has 0 bridgehead atoms. The van der Waals surface area contributed by atoms with Gasteiger partial charge in [0, 0.05) is 13.1 Å². The molecule has 1 saturated heterocycles. The summed E-state index contributed by atoms with van der Waals surface area (Å²) in [6.07, 6.45) is 11.4. The second-order valence-corrected chi connectivity index (χ2v) is 5.13. The molecular formula is C15H30N2. The minimum absolute atomic E-state index is 1.00. The van der Waals surface area contributed by atoms with Crippen LogP contribution in [-0.4, -0.2) is 24.5 Å². The molecule has 1 aliphatic rings. The van der Waals surface area contributed by atoms with Gasteiger partial charge >= 0.3 is 0 Å². The SMILES string of the molecule is C#N.CCCCCCCCN1CCC(CC)C1. The average molecular weight is 238 g/mol. The molecule has 0 aromatic carbocycles. The summed E-state index contributed by atoms with van der Waals surface area (Å²) in [6, 6.07) is 0. The minimum Gasteiger partial charge on any atom is -0.303 e. The van der Waals surface area contributed by atoms with Crippen LogP contribution < -0.4 is 0 Å². The number of likely N-dealkylation sites (tertiary alicyclic amines) is 1. The Balaban J connectivity index is 0.00000121. The highest BCUT2D eigenvalue weighted by Gasteiger charge is 2.19. The highest BCUT2D eigenvalue weighted by atomic mass is 15.1. The van der Waals surface area contributed by atoms with Crippen molar-refractivity contribution in [2.75, 3.05) is 19.6 Å². The van der Waals surface area contributed by atoms with E-state index in [1.807, 2.05) is 0 Å². The van der Waals surface area contributed by atoms with Crippen molar-refractivity contribution in [1.82, 2.24) is 4.90 Å². The Bertz CT molecular complexity index is 177. The topological polar surface area (TPSA) is 27.0 Å². The van der Waals surface area contributed by atoms with Crippen LogP contribution in [0.15, 0.2) is 0 Å². The van der Waals surface area contributed by atoms with Crippen molar-refractivity contribution >= 4 is 0 Å². The summed E-state index contributed by atoms with van der Waals surface area (Å²) >= 11 is 0. The van der Waals surface area contributed by atoms with E-state index in [-0.39, 0.29) is 0 Å². The van der Waals surface area contributed by atoms with E-state index in [1.54, 1.807) is 0 Å². The normalized spacial score (nSPS) is 19.9. The number of nitrogens with zero attached hydrogens (tertiary/aromatic N) is 2. The van der Waals surface area contributed by atoms with Crippen LogP contribution in [0.25, 0.3) is 0 Å². The first kappa shape index (κ1) is 16.4. The quantitative estimate of drug-likeness (QED) is 0.592. The Morgan fingerprint density at radius 3 is 2.29 bits per heavy atom. The zero-order valence-corrected chi connectivity index (χ0v) is 11.8. The number of rotatable bonds is 8. The summed E-state index contributed by atoms with van der Waals surface area (Å²) in [4.78, 5) is 2.67. The molecule has 1 atom stereocenters. The Kier molecular flexibility index (Phi) is 11.5. The molecule has 0 saturated carbocycles. The molecule has 0 aliphatic carbocycles. The first-order valence-corrected chi connectivity index (χ1v) is 7.35. The first-order chi connectivity index (χ1) is 8.36. The lowest BCUT2D eigenvalue weighted by Crippen LogP contribution is -2.21. The predicted octanol–water partition coefficient (Wildman–Crippen LogP) is 4.22. The van der Waals surface area contributed by atoms with Crippen LogP contribution in [0.1, 0.15) is 65.2 Å². The monoisotopic (exact) mass is 238 g/mol. The molecule has 1 rings (SSSR count). The van der Waals surface area contributed by atoms with Gasteiger partial charge in [0.15, 0.2) is 0 Å². The van der Waals surface area contributed by atoms with Gasteiger partial charge in [-0.3, -0.25) is 0 Å². The highest BCUT2D eigenvalue weighted by molar-refractivity contribution is 4.74. The molecule has 2 heteroatoms. The van der Waals surface area contributed by atoms with Gasteiger partial charge in [0.25, 0.3) is 0 Å². The summed E-state index contributed by atoms with van der Waals surface area (Å²) in [7, 11) is 0. The van der Waals surface area contributed by atoms with Crippen molar-refractivity contribution in [1.29, 1.82) is 5.26 Å². The van der Waals surface area contributed by atoms with E-state index in [0.717, 1.165) is 5.92 Å². The fourth-order valence-electron chi connectivity index (χ4n) is 2.56. The average Bonchev–Trinajstić information content (AvgIpc) is 2.84. The minimum atomic E-state index is 1.00. The summed E-state index contributed by atoms with van der Waals surface area (Å²) in [6.45, 7) is 12.2. The van der Waals surface area contributed by atoms with Crippen molar-refractivity contribution in [2.45, 2.75) is 65.2 Å². The fraction of sp³-hybridized carbons (Fsp3) is 0.933. The largest absolute Gasteiger partial charge is 0.303 e. The van der Waals surface area contributed by atoms with Crippen LogP contribution in [0, 0.1) is 17.8 Å². The first-order valence-electron chi connectivity index (χ1n) is 7.35. The number of hydrogen-bond donors (Lipinski definition) is 0. The lowest BCUT2D eigenvalue weighted by atomic mass is 10.1. The lowest BCUT2D eigenvalue weighted by molar-refractivity contribution is 0.313. The zero-order valence-electron chi connectivity index (χ0n) is 11.8. The van der Waals surface area contributed by atoms with Crippen LogP contribution in [0.3, 0.4) is 0 Å². The molecule has 100 valence electrons. The van der Waals surface area contributed by atoms with Crippen LogP contribution in [-0.2, 0) is 0 Å². The molecule has 1 fully saturated rings. The maximum atomic E-state index is 6.50. The van der Waals surface area contributed by atoms with Crippen molar-refractivity contribution < 1.29 is 0 Å². The predicted molar refractivity (Wildman–Crippen MR) is 74.9 cm³/mol. The lowest BCUT2D eigenvalue weighted by Gasteiger charge is -2.15. The summed E-state index contributed by atoms with van der Waals surface area (Å²) in [5, 5.41) is 6.50. The van der Waals surface area contributed by atoms with Gasteiger partial charge in [-0.15, -0.1) is 0 Å². The van der Waals surface area contributed by atoms with Crippen LogP contribution in [0.5, 0.6) is 0 Å². The molecule has 0 N–H and O–H groups in total. The van der Waals surface area contributed by atoms with Gasteiger partial charge in [0.05, 0.1) is 0 Å². The smallest absolute Gasteiger partial charge is 0.0462 e. The van der Waals surface area contributed by atoms with Gasteiger partial charge in [-0.2, -0.15) is 0 Å². The van der Waals surface area contributed by atoms with E-state index in [4.69, 9.17) is 5.26 Å². The van der Waals surface area contributed by atoms with Crippen LogP contribution in [0.4, 0.5) is 0 Å². The summed E-state index contributed by atoms with van der Waals surface area (Å²) < 4.78 is 0. The Morgan fingerprint density at radius 1 is 1.06 bits per heavy atom. The maximum absolute atomic E-state index is 6.50. The van der Waals surface area contributed by atoms with Crippen molar-refractivity contribution in [3.05, 3.63) is 0 Å². The molecule has 0 radical (unpaired) electrons. The van der Waals surface area contributed by atoms with Gasteiger partial charge in [-0.25, -0.2) is 5.26 Å². The summed E-state index contributed by atoms with van der Waals surface area (Å²) in [5.41, 5.74) is 0. The van der Waals surface area contributed by atoms with Crippen molar-refractivity contribution in [2.24, 2.45) is 5.92 Å². The van der Waals surface area contributed by atoms with Gasteiger partial charge < -0.3 is 4.90 Å². The second-order valence-electron chi connectivity index (χ2n) is 5.13. The van der Waals surface area contributed by atoms with E-state index >= 15 is 0 Å². The molecule has 1 aliphatic heterocycles. The Hall–Kier alpha value is -0.550. The summed E-state index contributed by atoms with van der Waals surface area (Å²) in [5.74, 6) is 1.00. The molecular weight excluding hydrogens is 208 g/mol. The Labute approximate surface area is 108 Å². The Morgan fingerprint density at radius 2 is 1.71 bits per heavy atom. The molecule has 0 aromatic rings. The van der Waals surface area contributed by atoms with E-state index in [1.165, 1.54) is 71.0 Å². The van der Waals surface area contributed by atoms with Crippen molar-refractivity contribution in [3.63, 3.8) is 0 Å². The molecule has 2 nitrogen and oxygen atoms in total. The highest BCUT2D eigenvalue weighted by Crippen LogP contribution is 2.19. The van der Waals surface area contributed by atoms with Gasteiger partial charge in [0.1, 0.15) is 0 Å². The maximum Gasteiger partial charge on any atom is 0.0462 e. The molecule has 0 spiro atoms. The van der Waals surface area contributed by atoms with E-state index in [2.05, 4.69) is 25.3 Å². The van der Waals surface area contributed by atoms with Crippen LogP contribution >= 0.6 is 0 Å². The number of hydrogen-bond acceptors (Lipinski definition) is 2. The van der Waals surface area contributed by atoms with Gasteiger partial charge in [-0.05, 0) is 31.8 Å². The fourth-order valence-corrected chi connectivity index (χ4v) is 2.56. The van der Waals surface area contributed by atoms with E-state index in [9.17, 15) is 0 Å². The van der Waals surface area contributed by atoms with Crippen molar-refractivity contribution in [3.8, 4) is 6.57 Å². The molecule has 1 unspecified atom stereocenters. The third-order valence-electron chi connectivity index (χ3n) is 3.78. The molecule has 0 amide bonds. The van der Waals surface area contributed by atoms with E-state index in [0.29, 0.717) is 0 Å². The van der Waals surface area contributed by atoms with E-state index < -0.39 is 0 Å². The zero-order chi connectivity index (χ0) is 12.9. The third-order valence-corrected chi connectivity index (χ3v) is 3.78. The number of nitriles is 1. The molecule has 0 aromatic heterocycles.